The standard InChI is InChI=1S/C17H24N2O2/c18-14-9-13-5-1-2-6-16(13)19(10-14)11-15-12-20-17(21-15)7-3-4-8-17/h1-2,5-6,14-15H,3-4,7-12,18H2. The Kier molecular flexibility index (Phi) is 3.40. The van der Waals surface area contributed by atoms with Gasteiger partial charge >= 0.3 is 0 Å². The van der Waals surface area contributed by atoms with Crippen LogP contribution >= 0.6 is 0 Å². The van der Waals surface area contributed by atoms with Crippen molar-refractivity contribution in [1.82, 2.24) is 0 Å². The van der Waals surface area contributed by atoms with E-state index in [1.807, 2.05) is 0 Å². The Labute approximate surface area is 126 Å². The van der Waals surface area contributed by atoms with E-state index in [0.717, 1.165) is 32.4 Å². The molecule has 1 saturated heterocycles. The van der Waals surface area contributed by atoms with Crippen molar-refractivity contribution in [1.29, 1.82) is 0 Å². The molecule has 1 spiro atoms. The van der Waals surface area contributed by atoms with Crippen LogP contribution in [0.2, 0.25) is 0 Å². The predicted molar refractivity (Wildman–Crippen MR) is 82.4 cm³/mol. The largest absolute Gasteiger partial charge is 0.367 e. The third-order valence-electron chi connectivity index (χ3n) is 4.97. The molecule has 21 heavy (non-hydrogen) atoms. The van der Waals surface area contributed by atoms with Crippen LogP contribution in [-0.2, 0) is 15.9 Å². The number of anilines is 1. The molecule has 4 nitrogen and oxygen atoms in total. The van der Waals surface area contributed by atoms with Gasteiger partial charge in [0, 0.05) is 37.7 Å². The van der Waals surface area contributed by atoms with Crippen molar-refractivity contribution in [2.45, 2.75) is 50.0 Å². The van der Waals surface area contributed by atoms with Crippen LogP contribution in [0.15, 0.2) is 24.3 Å². The molecule has 2 fully saturated rings. The van der Waals surface area contributed by atoms with Gasteiger partial charge in [0.1, 0.15) is 6.10 Å². The Hall–Kier alpha value is -1.10. The molecule has 2 aliphatic heterocycles. The summed E-state index contributed by atoms with van der Waals surface area (Å²) in [5.41, 5.74) is 8.88. The summed E-state index contributed by atoms with van der Waals surface area (Å²) in [5, 5.41) is 0. The van der Waals surface area contributed by atoms with Crippen molar-refractivity contribution in [3.8, 4) is 0 Å². The Morgan fingerprint density at radius 3 is 2.90 bits per heavy atom. The quantitative estimate of drug-likeness (QED) is 0.905. The average Bonchev–Trinajstić information content (AvgIpc) is 3.09. The SMILES string of the molecule is NC1Cc2ccccc2N(CC2COC3(CCCC3)O2)C1. The van der Waals surface area contributed by atoms with Crippen LogP contribution in [0, 0.1) is 0 Å². The molecule has 1 saturated carbocycles. The summed E-state index contributed by atoms with van der Waals surface area (Å²) < 4.78 is 12.2. The fourth-order valence-electron chi connectivity index (χ4n) is 4.02. The van der Waals surface area contributed by atoms with E-state index in [1.54, 1.807) is 0 Å². The summed E-state index contributed by atoms with van der Waals surface area (Å²) >= 11 is 0. The number of hydrogen-bond donors (Lipinski definition) is 1. The zero-order valence-corrected chi connectivity index (χ0v) is 12.5. The van der Waals surface area contributed by atoms with Gasteiger partial charge in [0.25, 0.3) is 0 Å². The second kappa shape index (κ2) is 5.27. The molecule has 2 N–H and O–H groups in total. The Morgan fingerprint density at radius 2 is 2.05 bits per heavy atom. The normalized spacial score (nSPS) is 30.8. The van der Waals surface area contributed by atoms with Crippen LogP contribution in [-0.4, -0.2) is 37.6 Å². The molecule has 114 valence electrons. The van der Waals surface area contributed by atoms with E-state index in [9.17, 15) is 0 Å². The first-order valence-electron chi connectivity index (χ1n) is 8.14. The maximum atomic E-state index is 6.26. The van der Waals surface area contributed by atoms with Crippen molar-refractivity contribution >= 4 is 5.69 Å². The van der Waals surface area contributed by atoms with E-state index in [-0.39, 0.29) is 17.9 Å². The molecule has 1 aromatic rings. The highest BCUT2D eigenvalue weighted by Crippen LogP contribution is 2.39. The van der Waals surface area contributed by atoms with Crippen LogP contribution in [0.3, 0.4) is 0 Å². The molecular weight excluding hydrogens is 264 g/mol. The number of rotatable bonds is 2. The van der Waals surface area contributed by atoms with Crippen LogP contribution in [0.1, 0.15) is 31.2 Å². The van der Waals surface area contributed by atoms with Crippen molar-refractivity contribution in [3.63, 3.8) is 0 Å². The summed E-state index contributed by atoms with van der Waals surface area (Å²) in [7, 11) is 0. The lowest BCUT2D eigenvalue weighted by atomic mass is 9.98. The number of ether oxygens (including phenoxy) is 2. The first kappa shape index (κ1) is 13.6. The van der Waals surface area contributed by atoms with E-state index >= 15 is 0 Å². The summed E-state index contributed by atoms with van der Waals surface area (Å²) in [4.78, 5) is 2.38. The molecule has 0 radical (unpaired) electrons. The number of nitrogens with zero attached hydrogens (tertiary/aromatic N) is 1. The first-order chi connectivity index (χ1) is 10.2. The summed E-state index contributed by atoms with van der Waals surface area (Å²) in [6.45, 7) is 2.50. The van der Waals surface area contributed by atoms with E-state index in [2.05, 4.69) is 29.2 Å². The highest BCUT2D eigenvalue weighted by molar-refractivity contribution is 5.56. The van der Waals surface area contributed by atoms with Crippen molar-refractivity contribution in [3.05, 3.63) is 29.8 Å². The van der Waals surface area contributed by atoms with Gasteiger partial charge in [-0.25, -0.2) is 0 Å². The number of benzene rings is 1. The molecule has 2 atom stereocenters. The fourth-order valence-corrected chi connectivity index (χ4v) is 4.02. The molecule has 0 bridgehead atoms. The predicted octanol–water partition coefficient (Wildman–Crippen LogP) is 2.06. The van der Waals surface area contributed by atoms with E-state index < -0.39 is 0 Å². The first-order valence-corrected chi connectivity index (χ1v) is 8.14. The molecular formula is C17H24N2O2. The minimum absolute atomic E-state index is 0.168. The molecule has 1 aliphatic carbocycles. The topological polar surface area (TPSA) is 47.7 Å². The molecule has 4 rings (SSSR count). The van der Waals surface area contributed by atoms with Gasteiger partial charge in [-0.2, -0.15) is 0 Å². The van der Waals surface area contributed by atoms with Gasteiger partial charge in [-0.3, -0.25) is 0 Å². The molecule has 2 heterocycles. The van der Waals surface area contributed by atoms with Crippen molar-refractivity contribution in [2.24, 2.45) is 5.73 Å². The minimum Gasteiger partial charge on any atom is -0.367 e. The number of nitrogens with two attached hydrogens (primary N) is 1. The Bertz CT molecular complexity index is 513. The molecule has 0 aromatic heterocycles. The zero-order chi connectivity index (χ0) is 14.3. The van der Waals surface area contributed by atoms with Crippen LogP contribution < -0.4 is 10.6 Å². The summed E-state index contributed by atoms with van der Waals surface area (Å²) in [5.74, 6) is -0.262. The third kappa shape index (κ3) is 2.56. The van der Waals surface area contributed by atoms with Crippen LogP contribution in [0.5, 0.6) is 0 Å². The van der Waals surface area contributed by atoms with Crippen molar-refractivity contribution in [2.75, 3.05) is 24.6 Å². The second-order valence-corrected chi connectivity index (χ2v) is 6.67. The molecule has 2 unspecified atom stereocenters. The maximum Gasteiger partial charge on any atom is 0.168 e. The fraction of sp³-hybridized carbons (Fsp3) is 0.647. The van der Waals surface area contributed by atoms with Gasteiger partial charge in [-0.15, -0.1) is 0 Å². The monoisotopic (exact) mass is 288 g/mol. The molecule has 3 aliphatic rings. The average molecular weight is 288 g/mol. The molecule has 4 heteroatoms. The van der Waals surface area contributed by atoms with Crippen LogP contribution in [0.4, 0.5) is 5.69 Å². The Balaban J connectivity index is 1.48. The second-order valence-electron chi connectivity index (χ2n) is 6.67. The highest BCUT2D eigenvalue weighted by atomic mass is 16.7. The third-order valence-corrected chi connectivity index (χ3v) is 4.97. The molecule has 1 aromatic carbocycles. The lowest BCUT2D eigenvalue weighted by Gasteiger charge is -2.36. The summed E-state index contributed by atoms with van der Waals surface area (Å²) in [6.07, 6.45) is 5.70. The van der Waals surface area contributed by atoms with Crippen molar-refractivity contribution < 1.29 is 9.47 Å². The molecule has 0 amide bonds. The van der Waals surface area contributed by atoms with Gasteiger partial charge < -0.3 is 20.1 Å². The lowest BCUT2D eigenvalue weighted by molar-refractivity contribution is -0.160. The smallest absolute Gasteiger partial charge is 0.168 e. The zero-order valence-electron chi connectivity index (χ0n) is 12.5. The van der Waals surface area contributed by atoms with E-state index in [1.165, 1.54) is 24.1 Å². The van der Waals surface area contributed by atoms with Gasteiger partial charge in [-0.05, 0) is 30.9 Å². The number of para-hydroxylation sites is 1. The minimum atomic E-state index is -0.262. The highest BCUT2D eigenvalue weighted by Gasteiger charge is 2.44. The maximum absolute atomic E-state index is 6.26. The van der Waals surface area contributed by atoms with E-state index in [4.69, 9.17) is 15.2 Å². The Morgan fingerprint density at radius 1 is 1.24 bits per heavy atom. The number of hydrogen-bond acceptors (Lipinski definition) is 4. The number of fused-ring (bicyclic) bond motifs is 1. The summed E-state index contributed by atoms with van der Waals surface area (Å²) in [6, 6.07) is 8.79. The van der Waals surface area contributed by atoms with Gasteiger partial charge in [0.05, 0.1) is 6.61 Å². The van der Waals surface area contributed by atoms with Gasteiger partial charge in [-0.1, -0.05) is 18.2 Å². The van der Waals surface area contributed by atoms with Crippen LogP contribution in [0.25, 0.3) is 0 Å². The van der Waals surface area contributed by atoms with Gasteiger partial charge in [0.15, 0.2) is 5.79 Å². The lowest BCUT2D eigenvalue weighted by Crippen LogP contribution is -2.46. The van der Waals surface area contributed by atoms with Gasteiger partial charge in [0.2, 0.25) is 0 Å². The van der Waals surface area contributed by atoms with E-state index in [0.29, 0.717) is 6.61 Å².